The standard InChI is InChI=1S/C16H27F3N2/c17-16(18,19)11-20-15-7-14(6-12-4-5-12)9-21(10-15)8-13-2-1-3-13/h12-15,20H,1-11H2. The summed E-state index contributed by atoms with van der Waals surface area (Å²) < 4.78 is 37.3. The topological polar surface area (TPSA) is 15.3 Å². The normalized spacial score (nSPS) is 32.1. The number of halogens is 3. The fourth-order valence-electron chi connectivity index (χ4n) is 3.90. The van der Waals surface area contributed by atoms with Gasteiger partial charge in [0.25, 0.3) is 0 Å². The van der Waals surface area contributed by atoms with E-state index in [-0.39, 0.29) is 6.04 Å². The molecule has 0 radical (unpaired) electrons. The van der Waals surface area contributed by atoms with Crippen molar-refractivity contribution >= 4 is 0 Å². The maximum Gasteiger partial charge on any atom is 0.401 e. The van der Waals surface area contributed by atoms with Crippen molar-refractivity contribution in [3.8, 4) is 0 Å². The van der Waals surface area contributed by atoms with E-state index in [9.17, 15) is 13.2 Å². The maximum absolute atomic E-state index is 12.4. The molecule has 1 aliphatic heterocycles. The summed E-state index contributed by atoms with van der Waals surface area (Å²) in [4.78, 5) is 2.44. The molecule has 0 spiro atoms. The predicted molar refractivity (Wildman–Crippen MR) is 77.1 cm³/mol. The molecule has 1 heterocycles. The van der Waals surface area contributed by atoms with E-state index in [1.807, 2.05) is 0 Å². The Hall–Kier alpha value is -0.290. The van der Waals surface area contributed by atoms with Crippen LogP contribution < -0.4 is 5.32 Å². The largest absolute Gasteiger partial charge is 0.401 e. The monoisotopic (exact) mass is 304 g/mol. The molecule has 2 saturated carbocycles. The minimum absolute atomic E-state index is 0.0178. The van der Waals surface area contributed by atoms with Crippen LogP contribution in [0.15, 0.2) is 0 Å². The summed E-state index contributed by atoms with van der Waals surface area (Å²) in [6.45, 7) is 2.17. The Morgan fingerprint density at radius 1 is 0.952 bits per heavy atom. The van der Waals surface area contributed by atoms with Gasteiger partial charge >= 0.3 is 6.18 Å². The van der Waals surface area contributed by atoms with E-state index in [0.29, 0.717) is 5.92 Å². The van der Waals surface area contributed by atoms with E-state index >= 15 is 0 Å². The Balaban J connectivity index is 1.50. The number of nitrogens with zero attached hydrogens (tertiary/aromatic N) is 1. The van der Waals surface area contributed by atoms with Gasteiger partial charge in [0.05, 0.1) is 6.54 Å². The van der Waals surface area contributed by atoms with Crippen LogP contribution >= 0.6 is 0 Å². The zero-order valence-electron chi connectivity index (χ0n) is 12.7. The molecule has 0 bridgehead atoms. The number of nitrogens with one attached hydrogen (secondary N) is 1. The van der Waals surface area contributed by atoms with Crippen molar-refractivity contribution in [2.45, 2.75) is 57.2 Å². The average molecular weight is 304 g/mol. The van der Waals surface area contributed by atoms with Crippen LogP contribution in [-0.4, -0.2) is 43.3 Å². The summed E-state index contributed by atoms with van der Waals surface area (Å²) in [5.41, 5.74) is 0. The summed E-state index contributed by atoms with van der Waals surface area (Å²) in [5, 5.41) is 2.76. The molecule has 21 heavy (non-hydrogen) atoms. The van der Waals surface area contributed by atoms with Gasteiger partial charge in [-0.2, -0.15) is 13.2 Å². The molecule has 5 heteroatoms. The summed E-state index contributed by atoms with van der Waals surface area (Å²) in [6.07, 6.45) is 4.68. The van der Waals surface area contributed by atoms with Gasteiger partial charge in [-0.25, -0.2) is 0 Å². The van der Waals surface area contributed by atoms with Crippen LogP contribution in [0.25, 0.3) is 0 Å². The van der Waals surface area contributed by atoms with Crippen LogP contribution in [0, 0.1) is 17.8 Å². The highest BCUT2D eigenvalue weighted by atomic mass is 19.4. The third kappa shape index (κ3) is 5.13. The lowest BCUT2D eigenvalue weighted by Crippen LogP contribution is -2.52. The van der Waals surface area contributed by atoms with Gasteiger partial charge in [-0.1, -0.05) is 19.3 Å². The van der Waals surface area contributed by atoms with E-state index in [1.165, 1.54) is 38.5 Å². The summed E-state index contributed by atoms with van der Waals surface area (Å²) in [5.74, 6) is 2.26. The van der Waals surface area contributed by atoms with Crippen LogP contribution in [-0.2, 0) is 0 Å². The SMILES string of the molecule is FC(F)(F)CNC1CC(CC2CC2)CN(CC2CCC2)C1. The molecule has 2 aliphatic carbocycles. The average Bonchev–Trinajstić information content (AvgIpc) is 3.14. The number of likely N-dealkylation sites (tertiary alicyclic amines) is 1. The molecule has 0 amide bonds. The number of rotatable bonds is 6. The van der Waals surface area contributed by atoms with Crippen LogP contribution in [0.3, 0.4) is 0 Å². The van der Waals surface area contributed by atoms with E-state index in [2.05, 4.69) is 10.2 Å². The van der Waals surface area contributed by atoms with Crippen LogP contribution in [0.2, 0.25) is 0 Å². The molecule has 0 aromatic rings. The van der Waals surface area contributed by atoms with Crippen LogP contribution in [0.5, 0.6) is 0 Å². The second-order valence-corrected chi connectivity index (χ2v) is 7.49. The van der Waals surface area contributed by atoms with Crippen LogP contribution in [0.1, 0.15) is 44.9 Å². The molecule has 122 valence electrons. The van der Waals surface area contributed by atoms with Gasteiger partial charge in [0.15, 0.2) is 0 Å². The fourth-order valence-corrected chi connectivity index (χ4v) is 3.90. The molecule has 3 aliphatic rings. The van der Waals surface area contributed by atoms with Gasteiger partial charge in [-0.15, -0.1) is 0 Å². The van der Waals surface area contributed by atoms with Gasteiger partial charge in [-0.05, 0) is 43.4 Å². The molecule has 2 unspecified atom stereocenters. The van der Waals surface area contributed by atoms with Crippen molar-refractivity contribution in [1.82, 2.24) is 10.2 Å². The Morgan fingerprint density at radius 3 is 2.29 bits per heavy atom. The molecule has 0 aromatic carbocycles. The second-order valence-electron chi connectivity index (χ2n) is 7.49. The zero-order chi connectivity index (χ0) is 14.9. The van der Waals surface area contributed by atoms with E-state index < -0.39 is 12.7 Å². The quantitative estimate of drug-likeness (QED) is 0.809. The number of piperidine rings is 1. The number of hydrogen-bond acceptors (Lipinski definition) is 2. The van der Waals surface area contributed by atoms with E-state index in [4.69, 9.17) is 0 Å². The Labute approximate surface area is 125 Å². The molecule has 1 saturated heterocycles. The van der Waals surface area contributed by atoms with Crippen molar-refractivity contribution in [3.63, 3.8) is 0 Å². The smallest absolute Gasteiger partial charge is 0.305 e. The summed E-state index contributed by atoms with van der Waals surface area (Å²) >= 11 is 0. The Bertz CT molecular complexity index is 337. The molecule has 3 rings (SSSR count). The fraction of sp³-hybridized carbons (Fsp3) is 1.00. The van der Waals surface area contributed by atoms with E-state index in [1.54, 1.807) is 0 Å². The van der Waals surface area contributed by atoms with Gasteiger partial charge in [0, 0.05) is 25.7 Å². The summed E-state index contributed by atoms with van der Waals surface area (Å²) in [6, 6.07) is 0.0178. The highest BCUT2D eigenvalue weighted by molar-refractivity contribution is 4.89. The van der Waals surface area contributed by atoms with Crippen molar-refractivity contribution in [3.05, 3.63) is 0 Å². The number of hydrogen-bond donors (Lipinski definition) is 1. The molecule has 0 aromatic heterocycles. The predicted octanol–water partition coefficient (Wildman–Crippen LogP) is 3.43. The first-order chi connectivity index (χ1) is 9.98. The molecule has 2 atom stereocenters. The first kappa shape index (κ1) is 15.6. The Kier molecular flexibility index (Phi) is 4.79. The molecular formula is C16H27F3N2. The van der Waals surface area contributed by atoms with Gasteiger partial charge in [0.2, 0.25) is 0 Å². The van der Waals surface area contributed by atoms with Crippen molar-refractivity contribution in [2.75, 3.05) is 26.2 Å². The third-order valence-electron chi connectivity index (χ3n) is 5.31. The highest BCUT2D eigenvalue weighted by Gasteiger charge is 2.35. The maximum atomic E-state index is 12.4. The molecule has 3 fully saturated rings. The van der Waals surface area contributed by atoms with Gasteiger partial charge < -0.3 is 10.2 Å². The van der Waals surface area contributed by atoms with Crippen molar-refractivity contribution in [1.29, 1.82) is 0 Å². The Morgan fingerprint density at radius 2 is 1.71 bits per heavy atom. The highest BCUT2D eigenvalue weighted by Crippen LogP contribution is 2.38. The lowest BCUT2D eigenvalue weighted by Gasteiger charge is -2.41. The minimum Gasteiger partial charge on any atom is -0.305 e. The lowest BCUT2D eigenvalue weighted by atomic mass is 9.83. The molecule has 1 N–H and O–H groups in total. The zero-order valence-corrected chi connectivity index (χ0v) is 12.7. The third-order valence-corrected chi connectivity index (χ3v) is 5.31. The van der Waals surface area contributed by atoms with E-state index in [0.717, 1.165) is 37.9 Å². The van der Waals surface area contributed by atoms with Crippen molar-refractivity contribution < 1.29 is 13.2 Å². The summed E-state index contributed by atoms with van der Waals surface area (Å²) in [7, 11) is 0. The van der Waals surface area contributed by atoms with Crippen LogP contribution in [0.4, 0.5) is 13.2 Å². The first-order valence-electron chi connectivity index (χ1n) is 8.50. The number of alkyl halides is 3. The molecule has 2 nitrogen and oxygen atoms in total. The van der Waals surface area contributed by atoms with Gasteiger partial charge in [-0.3, -0.25) is 0 Å². The van der Waals surface area contributed by atoms with Crippen molar-refractivity contribution in [2.24, 2.45) is 17.8 Å². The minimum atomic E-state index is -4.10. The first-order valence-corrected chi connectivity index (χ1v) is 8.50. The lowest BCUT2D eigenvalue weighted by molar-refractivity contribution is -0.127. The molecular weight excluding hydrogens is 277 g/mol. The van der Waals surface area contributed by atoms with Gasteiger partial charge in [0.1, 0.15) is 0 Å². The second kappa shape index (κ2) is 6.45.